The van der Waals surface area contributed by atoms with E-state index in [9.17, 15) is 9.90 Å². The Bertz CT molecular complexity index is 1020. The summed E-state index contributed by atoms with van der Waals surface area (Å²) in [5.41, 5.74) is 2.01. The van der Waals surface area contributed by atoms with Crippen molar-refractivity contribution in [3.63, 3.8) is 0 Å². The molecule has 0 fully saturated rings. The van der Waals surface area contributed by atoms with Crippen molar-refractivity contribution < 1.29 is 5.11 Å². The first-order valence-electron chi connectivity index (χ1n) is 6.53. The van der Waals surface area contributed by atoms with Gasteiger partial charge in [-0.15, -0.1) is 0 Å². The molecule has 0 aliphatic rings. The molecule has 0 bridgehead atoms. The number of H-pyrrole nitrogens is 1. The quantitative estimate of drug-likeness (QED) is 0.561. The number of benzene rings is 2. The van der Waals surface area contributed by atoms with Crippen molar-refractivity contribution in [2.24, 2.45) is 0 Å². The van der Waals surface area contributed by atoms with Gasteiger partial charge in [-0.25, -0.2) is 9.38 Å². The van der Waals surface area contributed by atoms with E-state index in [0.29, 0.717) is 16.9 Å². The first-order chi connectivity index (χ1) is 10.3. The van der Waals surface area contributed by atoms with Gasteiger partial charge in [-0.05, 0) is 17.7 Å². The van der Waals surface area contributed by atoms with E-state index in [2.05, 4.69) is 9.97 Å². The van der Waals surface area contributed by atoms with Gasteiger partial charge in [0.25, 0.3) is 5.56 Å². The second-order valence-corrected chi connectivity index (χ2v) is 4.78. The highest BCUT2D eigenvalue weighted by Gasteiger charge is 2.16. The number of para-hydroxylation sites is 2. The fourth-order valence-electron chi connectivity index (χ4n) is 2.57. The minimum Gasteiger partial charge on any atom is -0.494 e. The summed E-state index contributed by atoms with van der Waals surface area (Å²) in [5.74, 6) is 0.229. The van der Waals surface area contributed by atoms with Crippen LogP contribution in [0.25, 0.3) is 27.9 Å². The van der Waals surface area contributed by atoms with Gasteiger partial charge in [-0.3, -0.25) is 9.78 Å². The number of rotatable bonds is 1. The molecule has 5 heteroatoms. The van der Waals surface area contributed by atoms with Gasteiger partial charge in [0.15, 0.2) is 0 Å². The average Bonchev–Trinajstić information content (AvgIpc) is 2.86. The lowest BCUT2D eigenvalue weighted by Gasteiger charge is -2.06. The Kier molecular flexibility index (Phi) is 2.35. The third-order valence-electron chi connectivity index (χ3n) is 3.51. The summed E-state index contributed by atoms with van der Waals surface area (Å²) < 4.78 is 1.55. The molecule has 0 aliphatic heterocycles. The number of aromatic nitrogens is 3. The Balaban J connectivity index is 2.18. The van der Waals surface area contributed by atoms with E-state index in [4.69, 9.17) is 0 Å². The zero-order valence-corrected chi connectivity index (χ0v) is 10.9. The summed E-state index contributed by atoms with van der Waals surface area (Å²) in [7, 11) is 0. The molecule has 4 aromatic rings. The molecule has 0 amide bonds. The average molecular weight is 277 g/mol. The predicted molar refractivity (Wildman–Crippen MR) is 80.4 cm³/mol. The van der Waals surface area contributed by atoms with E-state index >= 15 is 0 Å². The first-order valence-corrected chi connectivity index (χ1v) is 6.53. The molecule has 5 nitrogen and oxygen atoms in total. The van der Waals surface area contributed by atoms with Gasteiger partial charge in [0.1, 0.15) is 5.56 Å². The van der Waals surface area contributed by atoms with Crippen LogP contribution >= 0.6 is 0 Å². The fraction of sp³-hybridized carbons (Fsp3) is 0. The molecule has 0 saturated heterocycles. The molecule has 0 atom stereocenters. The summed E-state index contributed by atoms with van der Waals surface area (Å²) in [6.45, 7) is 0. The lowest BCUT2D eigenvalue weighted by atomic mass is 10.1. The van der Waals surface area contributed by atoms with E-state index in [1.807, 2.05) is 42.5 Å². The van der Waals surface area contributed by atoms with Crippen molar-refractivity contribution in [3.8, 4) is 17.0 Å². The van der Waals surface area contributed by atoms with Crippen LogP contribution in [0.4, 0.5) is 0 Å². The largest absolute Gasteiger partial charge is 0.494 e. The number of fused-ring (bicyclic) bond motifs is 3. The molecule has 102 valence electrons. The second kappa shape index (κ2) is 4.21. The van der Waals surface area contributed by atoms with Crippen molar-refractivity contribution >= 4 is 16.8 Å². The molecule has 2 N–H and O–H groups in total. The zero-order valence-electron chi connectivity index (χ0n) is 10.9. The van der Waals surface area contributed by atoms with Crippen LogP contribution in [0.5, 0.6) is 5.88 Å². The van der Waals surface area contributed by atoms with Crippen molar-refractivity contribution in [2.45, 2.75) is 0 Å². The Hall–Kier alpha value is -3.08. The van der Waals surface area contributed by atoms with Crippen LogP contribution in [0.15, 0.2) is 59.4 Å². The molecule has 0 unspecified atom stereocenters. The van der Waals surface area contributed by atoms with Gasteiger partial charge in [0.05, 0.1) is 11.0 Å². The molecule has 0 saturated carbocycles. The van der Waals surface area contributed by atoms with E-state index in [1.165, 1.54) is 0 Å². The van der Waals surface area contributed by atoms with Gasteiger partial charge in [0.2, 0.25) is 11.7 Å². The molecule has 0 aliphatic carbocycles. The highest BCUT2D eigenvalue weighted by Crippen LogP contribution is 2.28. The molecule has 0 spiro atoms. The van der Waals surface area contributed by atoms with Crippen LogP contribution in [0, 0.1) is 0 Å². The molecule has 2 aromatic carbocycles. The highest BCUT2D eigenvalue weighted by atomic mass is 16.3. The van der Waals surface area contributed by atoms with E-state index in [0.717, 1.165) is 5.52 Å². The number of aromatic hydroxyl groups is 1. The molecular formula is C16H11N3O2. The summed E-state index contributed by atoms with van der Waals surface area (Å²) in [6.07, 6.45) is 0. The Morgan fingerprint density at radius 2 is 1.71 bits per heavy atom. The number of nitrogens with one attached hydrogen (secondary N) is 1. The minimum atomic E-state index is -0.360. The number of hydrogen-bond donors (Lipinski definition) is 2. The van der Waals surface area contributed by atoms with Gasteiger partial charge in [0, 0.05) is 0 Å². The van der Waals surface area contributed by atoms with Crippen LogP contribution in [0.1, 0.15) is 0 Å². The van der Waals surface area contributed by atoms with E-state index < -0.39 is 0 Å². The maximum atomic E-state index is 12.3. The van der Waals surface area contributed by atoms with Crippen molar-refractivity contribution in [2.75, 3.05) is 0 Å². The van der Waals surface area contributed by atoms with Crippen LogP contribution in [0.2, 0.25) is 0 Å². The van der Waals surface area contributed by atoms with E-state index in [-0.39, 0.29) is 17.0 Å². The third kappa shape index (κ3) is 1.64. The fourth-order valence-corrected chi connectivity index (χ4v) is 2.57. The Labute approximate surface area is 119 Å². The maximum Gasteiger partial charge on any atom is 0.264 e. The molecule has 2 aromatic heterocycles. The molecule has 2 heterocycles. The van der Waals surface area contributed by atoms with Crippen LogP contribution in [-0.2, 0) is 0 Å². The summed E-state index contributed by atoms with van der Waals surface area (Å²) in [5, 5.41) is 10.6. The monoisotopic (exact) mass is 277 g/mol. The highest BCUT2D eigenvalue weighted by molar-refractivity contribution is 5.82. The number of aromatic amines is 1. The van der Waals surface area contributed by atoms with Gasteiger partial charge >= 0.3 is 0 Å². The number of hydrogen-bond acceptors (Lipinski definition) is 3. The second-order valence-electron chi connectivity index (χ2n) is 4.78. The smallest absolute Gasteiger partial charge is 0.264 e. The van der Waals surface area contributed by atoms with E-state index in [1.54, 1.807) is 16.5 Å². The first kappa shape index (κ1) is 11.7. The number of imidazole rings is 1. The normalized spacial score (nSPS) is 11.2. The lowest BCUT2D eigenvalue weighted by molar-refractivity contribution is 0.448. The van der Waals surface area contributed by atoms with Crippen LogP contribution in [0.3, 0.4) is 0 Å². The molecule has 0 radical (unpaired) electrons. The SMILES string of the molecule is O=c1[nH]c2nc3ccccc3n2c(O)c1-c1ccccc1. The lowest BCUT2D eigenvalue weighted by Crippen LogP contribution is -2.12. The van der Waals surface area contributed by atoms with Crippen molar-refractivity contribution in [1.29, 1.82) is 0 Å². The van der Waals surface area contributed by atoms with Crippen molar-refractivity contribution in [3.05, 3.63) is 65.0 Å². The maximum absolute atomic E-state index is 12.3. The molecular weight excluding hydrogens is 266 g/mol. The molecule has 21 heavy (non-hydrogen) atoms. The van der Waals surface area contributed by atoms with Crippen molar-refractivity contribution in [1.82, 2.24) is 14.4 Å². The van der Waals surface area contributed by atoms with Crippen LogP contribution < -0.4 is 5.56 Å². The Morgan fingerprint density at radius 1 is 1.00 bits per heavy atom. The molecule has 4 rings (SSSR count). The van der Waals surface area contributed by atoms with Gasteiger partial charge in [-0.1, -0.05) is 42.5 Å². The zero-order chi connectivity index (χ0) is 14.4. The topological polar surface area (TPSA) is 70.4 Å². The summed E-state index contributed by atoms with van der Waals surface area (Å²) in [4.78, 5) is 19.3. The standard InChI is InChI=1S/C16H11N3O2/c20-14-13(10-6-2-1-3-7-10)15(21)19-12-9-5-4-8-11(12)17-16(19)18-14/h1-9,21H,(H,17,18,20). The summed E-state index contributed by atoms with van der Waals surface area (Å²) in [6, 6.07) is 16.5. The third-order valence-corrected chi connectivity index (χ3v) is 3.51. The minimum absolute atomic E-state index is 0.103. The van der Waals surface area contributed by atoms with Gasteiger partial charge < -0.3 is 5.11 Å². The summed E-state index contributed by atoms with van der Waals surface area (Å²) >= 11 is 0. The Morgan fingerprint density at radius 3 is 2.52 bits per heavy atom. The predicted octanol–water partition coefficient (Wildman–Crippen LogP) is 2.55. The number of nitrogens with zero attached hydrogens (tertiary/aromatic N) is 2. The van der Waals surface area contributed by atoms with Gasteiger partial charge in [-0.2, -0.15) is 0 Å². The van der Waals surface area contributed by atoms with Crippen LogP contribution in [-0.4, -0.2) is 19.5 Å².